The number of nitrogens with one attached hydrogen (secondary N) is 1. The van der Waals surface area contributed by atoms with Gasteiger partial charge in [0, 0.05) is 24.8 Å². The summed E-state index contributed by atoms with van der Waals surface area (Å²) in [4.78, 5) is 7.08. The smallest absolute Gasteiger partial charge is 0.130 e. The molecule has 1 aliphatic rings. The summed E-state index contributed by atoms with van der Waals surface area (Å²) in [5.41, 5.74) is 1.34. The number of hydrogen-bond donors (Lipinski definition) is 1. The Labute approximate surface area is 117 Å². The van der Waals surface area contributed by atoms with Crippen molar-refractivity contribution in [2.75, 3.05) is 25.0 Å². The van der Waals surface area contributed by atoms with Crippen LogP contribution in [0, 0.1) is 0 Å². The highest BCUT2D eigenvalue weighted by atomic mass is 15.1. The first-order valence-electron chi connectivity index (χ1n) is 7.80. The van der Waals surface area contributed by atoms with E-state index in [0.717, 1.165) is 25.3 Å². The average Bonchev–Trinajstić information content (AvgIpc) is 2.40. The molecule has 2 rings (SSSR count). The zero-order chi connectivity index (χ0) is 13.3. The number of hydrogen-bond acceptors (Lipinski definition) is 3. The fourth-order valence-electron chi connectivity index (χ4n) is 2.68. The van der Waals surface area contributed by atoms with Crippen LogP contribution in [-0.2, 0) is 6.54 Å². The Morgan fingerprint density at radius 1 is 1.16 bits per heavy atom. The van der Waals surface area contributed by atoms with Crippen LogP contribution in [0.15, 0.2) is 18.3 Å². The van der Waals surface area contributed by atoms with E-state index in [1.54, 1.807) is 0 Å². The van der Waals surface area contributed by atoms with Gasteiger partial charge in [-0.15, -0.1) is 0 Å². The van der Waals surface area contributed by atoms with Crippen LogP contribution in [0.4, 0.5) is 5.82 Å². The van der Waals surface area contributed by atoms with E-state index in [9.17, 15) is 0 Å². The van der Waals surface area contributed by atoms with Gasteiger partial charge in [0.1, 0.15) is 5.82 Å². The van der Waals surface area contributed by atoms with Gasteiger partial charge in [-0.05, 0) is 38.4 Å². The first-order valence-corrected chi connectivity index (χ1v) is 7.80. The second-order valence-electron chi connectivity index (χ2n) is 5.48. The number of likely N-dealkylation sites (tertiary alicyclic amines) is 1. The number of anilines is 1. The summed E-state index contributed by atoms with van der Waals surface area (Å²) in [6.45, 7) is 6.71. The molecule has 0 bridgehead atoms. The number of nitrogens with zero attached hydrogens (tertiary/aromatic N) is 2. The average molecular weight is 261 g/mol. The number of pyridine rings is 1. The highest BCUT2D eigenvalue weighted by Gasteiger charge is 2.11. The van der Waals surface area contributed by atoms with Crippen molar-refractivity contribution >= 4 is 5.82 Å². The van der Waals surface area contributed by atoms with Crippen LogP contribution in [0.25, 0.3) is 0 Å². The third-order valence-electron chi connectivity index (χ3n) is 3.78. The minimum Gasteiger partial charge on any atom is -0.370 e. The highest BCUT2D eigenvalue weighted by molar-refractivity contribution is 5.43. The summed E-state index contributed by atoms with van der Waals surface area (Å²) in [5, 5.41) is 3.44. The summed E-state index contributed by atoms with van der Waals surface area (Å²) in [7, 11) is 0. The second-order valence-corrected chi connectivity index (χ2v) is 5.48. The van der Waals surface area contributed by atoms with Gasteiger partial charge >= 0.3 is 0 Å². The molecule has 1 saturated heterocycles. The van der Waals surface area contributed by atoms with Gasteiger partial charge in [0.05, 0.1) is 0 Å². The Morgan fingerprint density at radius 2 is 1.89 bits per heavy atom. The van der Waals surface area contributed by atoms with Gasteiger partial charge in [-0.25, -0.2) is 4.98 Å². The fourth-order valence-corrected chi connectivity index (χ4v) is 2.68. The molecule has 1 aromatic rings. The maximum absolute atomic E-state index is 4.49. The van der Waals surface area contributed by atoms with Gasteiger partial charge < -0.3 is 5.32 Å². The normalized spacial score (nSPS) is 17.7. The zero-order valence-electron chi connectivity index (χ0n) is 12.2. The first-order chi connectivity index (χ1) is 9.40. The molecule has 2 heterocycles. The molecule has 1 N–H and O–H groups in total. The van der Waals surface area contributed by atoms with Gasteiger partial charge in [0.25, 0.3) is 0 Å². The summed E-state index contributed by atoms with van der Waals surface area (Å²) < 4.78 is 0. The molecule has 0 unspecified atom stereocenters. The quantitative estimate of drug-likeness (QED) is 0.876. The Kier molecular flexibility index (Phi) is 6.15. The molecule has 0 aliphatic carbocycles. The maximum Gasteiger partial charge on any atom is 0.130 e. The molecule has 0 amide bonds. The monoisotopic (exact) mass is 261 g/mol. The lowest BCUT2D eigenvalue weighted by atomic mass is 10.1. The summed E-state index contributed by atoms with van der Waals surface area (Å²) >= 11 is 0. The maximum atomic E-state index is 4.49. The predicted molar refractivity (Wildman–Crippen MR) is 81.4 cm³/mol. The molecule has 1 aromatic heterocycles. The van der Waals surface area contributed by atoms with Gasteiger partial charge in [-0.1, -0.05) is 32.3 Å². The van der Waals surface area contributed by atoms with Gasteiger partial charge in [-0.3, -0.25) is 4.90 Å². The predicted octanol–water partition coefficient (Wildman–Crippen LogP) is 3.67. The second kappa shape index (κ2) is 8.16. The third kappa shape index (κ3) is 4.83. The Hall–Kier alpha value is -1.09. The SMILES string of the molecule is CCCNc1ncccc1CN1CCCCCCC1. The van der Waals surface area contributed by atoms with Gasteiger partial charge in [0.15, 0.2) is 0 Å². The van der Waals surface area contributed by atoms with Crippen LogP contribution in [-0.4, -0.2) is 29.5 Å². The van der Waals surface area contributed by atoms with E-state index in [1.165, 1.54) is 50.8 Å². The van der Waals surface area contributed by atoms with Crippen molar-refractivity contribution in [1.29, 1.82) is 0 Å². The van der Waals surface area contributed by atoms with Crippen LogP contribution in [0.2, 0.25) is 0 Å². The lowest BCUT2D eigenvalue weighted by Crippen LogP contribution is -2.27. The largest absolute Gasteiger partial charge is 0.370 e. The van der Waals surface area contributed by atoms with Crippen LogP contribution in [0.3, 0.4) is 0 Å². The lowest BCUT2D eigenvalue weighted by molar-refractivity contribution is 0.240. The Balaban J connectivity index is 1.96. The molecule has 3 heteroatoms. The molecule has 1 fully saturated rings. The summed E-state index contributed by atoms with van der Waals surface area (Å²) in [5.74, 6) is 1.08. The van der Waals surface area contributed by atoms with Crippen molar-refractivity contribution in [3.63, 3.8) is 0 Å². The van der Waals surface area contributed by atoms with Crippen LogP contribution in [0.1, 0.15) is 51.0 Å². The van der Waals surface area contributed by atoms with Crippen molar-refractivity contribution in [3.8, 4) is 0 Å². The molecular formula is C16H27N3. The van der Waals surface area contributed by atoms with E-state index < -0.39 is 0 Å². The highest BCUT2D eigenvalue weighted by Crippen LogP contribution is 2.17. The Morgan fingerprint density at radius 3 is 2.63 bits per heavy atom. The molecular weight excluding hydrogens is 234 g/mol. The van der Waals surface area contributed by atoms with Gasteiger partial charge in [0.2, 0.25) is 0 Å². The molecule has 19 heavy (non-hydrogen) atoms. The molecule has 106 valence electrons. The topological polar surface area (TPSA) is 28.2 Å². The fraction of sp³-hybridized carbons (Fsp3) is 0.688. The molecule has 0 radical (unpaired) electrons. The lowest BCUT2D eigenvalue weighted by Gasteiger charge is -2.25. The van der Waals surface area contributed by atoms with E-state index >= 15 is 0 Å². The molecule has 0 aromatic carbocycles. The molecule has 0 spiro atoms. The van der Waals surface area contributed by atoms with Crippen molar-refractivity contribution in [2.24, 2.45) is 0 Å². The summed E-state index contributed by atoms with van der Waals surface area (Å²) in [6, 6.07) is 4.26. The van der Waals surface area contributed by atoms with Crippen molar-refractivity contribution in [3.05, 3.63) is 23.9 Å². The molecule has 3 nitrogen and oxygen atoms in total. The molecule has 0 atom stereocenters. The van der Waals surface area contributed by atoms with E-state index in [2.05, 4.69) is 34.3 Å². The number of aromatic nitrogens is 1. The van der Waals surface area contributed by atoms with Crippen LogP contribution >= 0.6 is 0 Å². The van der Waals surface area contributed by atoms with Crippen molar-refractivity contribution < 1.29 is 0 Å². The van der Waals surface area contributed by atoms with E-state index in [-0.39, 0.29) is 0 Å². The Bertz CT molecular complexity index is 357. The minimum absolute atomic E-state index is 1.00. The van der Waals surface area contributed by atoms with Crippen molar-refractivity contribution in [1.82, 2.24) is 9.88 Å². The van der Waals surface area contributed by atoms with Crippen LogP contribution < -0.4 is 5.32 Å². The van der Waals surface area contributed by atoms with E-state index in [4.69, 9.17) is 0 Å². The van der Waals surface area contributed by atoms with Crippen molar-refractivity contribution in [2.45, 2.75) is 52.0 Å². The minimum atomic E-state index is 1.00. The number of rotatable bonds is 5. The first kappa shape index (κ1) is 14.3. The standard InChI is InChI=1S/C16H27N3/c1-2-10-17-16-15(9-8-11-18-16)14-19-12-6-4-3-5-7-13-19/h8-9,11H,2-7,10,12-14H2,1H3,(H,17,18). The summed E-state index contributed by atoms with van der Waals surface area (Å²) in [6.07, 6.45) is 9.92. The van der Waals surface area contributed by atoms with Crippen LogP contribution in [0.5, 0.6) is 0 Å². The van der Waals surface area contributed by atoms with Gasteiger partial charge in [-0.2, -0.15) is 0 Å². The third-order valence-corrected chi connectivity index (χ3v) is 3.78. The van der Waals surface area contributed by atoms with E-state index in [0.29, 0.717) is 0 Å². The molecule has 1 aliphatic heterocycles. The molecule has 0 saturated carbocycles. The van der Waals surface area contributed by atoms with E-state index in [1.807, 2.05) is 6.20 Å². The zero-order valence-corrected chi connectivity index (χ0v) is 12.2.